The minimum absolute atomic E-state index is 0.0000463. The van der Waals surface area contributed by atoms with Crippen molar-refractivity contribution in [2.24, 2.45) is 0 Å². The predicted octanol–water partition coefficient (Wildman–Crippen LogP) is 3.48. The average molecular weight is 286 g/mol. The van der Waals surface area contributed by atoms with E-state index in [-0.39, 0.29) is 24.3 Å². The Balaban J connectivity index is 2.18. The fraction of sp³-hybridized carbons (Fsp3) is 0.500. The van der Waals surface area contributed by atoms with Crippen molar-refractivity contribution in [2.75, 3.05) is 6.54 Å². The molecule has 0 amide bonds. The molecule has 1 saturated heterocycles. The van der Waals surface area contributed by atoms with Gasteiger partial charge in [0.15, 0.2) is 0 Å². The van der Waals surface area contributed by atoms with E-state index < -0.39 is 5.97 Å². The molecule has 0 aliphatic carbocycles. The predicted molar refractivity (Wildman–Crippen MR) is 71.8 cm³/mol. The summed E-state index contributed by atoms with van der Waals surface area (Å²) >= 11 is 6.07. The molecule has 19 heavy (non-hydrogen) atoms. The summed E-state index contributed by atoms with van der Waals surface area (Å²) in [6.45, 7) is 2.84. The Morgan fingerprint density at radius 1 is 1.63 bits per heavy atom. The summed E-state index contributed by atoms with van der Waals surface area (Å²) < 4.78 is 13.1. The molecule has 0 aromatic heterocycles. The van der Waals surface area contributed by atoms with Crippen LogP contribution >= 0.6 is 11.6 Å². The number of nitrogens with zero attached hydrogens (tertiary/aromatic N) is 1. The zero-order valence-corrected chi connectivity index (χ0v) is 11.5. The molecular formula is C14H17ClFNO2. The highest BCUT2D eigenvalue weighted by molar-refractivity contribution is 6.31. The fourth-order valence-electron chi connectivity index (χ4n) is 2.81. The average Bonchev–Trinajstić information content (AvgIpc) is 2.75. The number of aliphatic carboxylic acids is 1. The zero-order valence-electron chi connectivity index (χ0n) is 10.8. The number of hydrogen-bond donors (Lipinski definition) is 1. The van der Waals surface area contributed by atoms with Gasteiger partial charge in [-0.2, -0.15) is 0 Å². The van der Waals surface area contributed by atoms with Gasteiger partial charge in [-0.3, -0.25) is 9.69 Å². The SMILES string of the molecule is CC(c1ccc(F)cc1Cl)N1CCCC1CC(=O)O. The van der Waals surface area contributed by atoms with Gasteiger partial charge in [0.1, 0.15) is 5.82 Å². The van der Waals surface area contributed by atoms with Gasteiger partial charge in [-0.05, 0) is 44.0 Å². The van der Waals surface area contributed by atoms with E-state index in [1.54, 1.807) is 6.07 Å². The smallest absolute Gasteiger partial charge is 0.304 e. The van der Waals surface area contributed by atoms with Crippen LogP contribution in [-0.2, 0) is 4.79 Å². The molecule has 2 unspecified atom stereocenters. The number of rotatable bonds is 4. The number of halogens is 2. The topological polar surface area (TPSA) is 40.5 Å². The first-order valence-corrected chi connectivity index (χ1v) is 6.79. The highest BCUT2D eigenvalue weighted by Gasteiger charge is 2.31. The standard InChI is InChI=1S/C14H17ClFNO2/c1-9(12-5-4-10(16)7-13(12)15)17-6-2-3-11(17)8-14(18)19/h4-5,7,9,11H,2-3,6,8H2,1H3,(H,18,19). The number of hydrogen-bond acceptors (Lipinski definition) is 2. The molecule has 0 saturated carbocycles. The van der Waals surface area contributed by atoms with Crippen LogP contribution in [0.2, 0.25) is 5.02 Å². The molecule has 2 atom stereocenters. The van der Waals surface area contributed by atoms with Crippen LogP contribution in [0.3, 0.4) is 0 Å². The van der Waals surface area contributed by atoms with Crippen LogP contribution in [0.15, 0.2) is 18.2 Å². The zero-order chi connectivity index (χ0) is 14.0. The third kappa shape index (κ3) is 3.25. The van der Waals surface area contributed by atoms with E-state index in [2.05, 4.69) is 4.90 Å². The van der Waals surface area contributed by atoms with E-state index in [0.717, 1.165) is 24.9 Å². The number of carboxylic acid groups (broad SMARTS) is 1. The molecule has 1 aromatic rings. The molecule has 1 heterocycles. The van der Waals surface area contributed by atoms with Crippen molar-refractivity contribution in [3.63, 3.8) is 0 Å². The normalized spacial score (nSPS) is 21.5. The van der Waals surface area contributed by atoms with Gasteiger partial charge in [0.05, 0.1) is 6.42 Å². The third-order valence-corrected chi connectivity index (χ3v) is 4.07. The van der Waals surface area contributed by atoms with Gasteiger partial charge >= 0.3 is 5.97 Å². The second kappa shape index (κ2) is 5.88. The molecule has 3 nitrogen and oxygen atoms in total. The molecular weight excluding hydrogens is 269 g/mol. The van der Waals surface area contributed by atoms with E-state index in [0.29, 0.717) is 5.02 Å². The Hall–Kier alpha value is -1.13. The van der Waals surface area contributed by atoms with Gasteiger partial charge in [-0.25, -0.2) is 4.39 Å². The van der Waals surface area contributed by atoms with Crippen molar-refractivity contribution in [1.82, 2.24) is 4.90 Å². The minimum Gasteiger partial charge on any atom is -0.481 e. The monoisotopic (exact) mass is 285 g/mol. The van der Waals surface area contributed by atoms with E-state index in [1.807, 2.05) is 6.92 Å². The second-order valence-electron chi connectivity index (χ2n) is 4.97. The third-order valence-electron chi connectivity index (χ3n) is 3.74. The molecule has 0 radical (unpaired) electrons. The summed E-state index contributed by atoms with van der Waals surface area (Å²) in [7, 11) is 0. The largest absolute Gasteiger partial charge is 0.481 e. The van der Waals surface area contributed by atoms with E-state index in [9.17, 15) is 9.18 Å². The highest BCUT2D eigenvalue weighted by Crippen LogP contribution is 2.34. The maximum absolute atomic E-state index is 13.1. The van der Waals surface area contributed by atoms with Gasteiger partial charge < -0.3 is 5.11 Å². The lowest BCUT2D eigenvalue weighted by molar-refractivity contribution is -0.138. The van der Waals surface area contributed by atoms with E-state index in [1.165, 1.54) is 12.1 Å². The van der Waals surface area contributed by atoms with Crippen LogP contribution in [0.4, 0.5) is 4.39 Å². The van der Waals surface area contributed by atoms with Crippen molar-refractivity contribution in [2.45, 2.75) is 38.3 Å². The van der Waals surface area contributed by atoms with Crippen LogP contribution in [0, 0.1) is 5.82 Å². The van der Waals surface area contributed by atoms with Crippen LogP contribution in [-0.4, -0.2) is 28.6 Å². The number of likely N-dealkylation sites (tertiary alicyclic amines) is 1. The van der Waals surface area contributed by atoms with Crippen LogP contribution in [0.25, 0.3) is 0 Å². The molecule has 1 fully saturated rings. The lowest BCUT2D eigenvalue weighted by atomic mass is 10.0. The first-order valence-electron chi connectivity index (χ1n) is 6.41. The lowest BCUT2D eigenvalue weighted by Gasteiger charge is -2.30. The maximum Gasteiger partial charge on any atom is 0.304 e. The summed E-state index contributed by atoms with van der Waals surface area (Å²) in [6, 6.07) is 4.40. The van der Waals surface area contributed by atoms with Crippen molar-refractivity contribution in [3.05, 3.63) is 34.6 Å². The first kappa shape index (κ1) is 14.3. The molecule has 0 spiro atoms. The van der Waals surface area contributed by atoms with Crippen LogP contribution in [0.1, 0.15) is 37.8 Å². The van der Waals surface area contributed by atoms with E-state index in [4.69, 9.17) is 16.7 Å². The Labute approximate surface area is 117 Å². The molecule has 0 bridgehead atoms. The van der Waals surface area contributed by atoms with Gasteiger partial charge in [0.2, 0.25) is 0 Å². The highest BCUT2D eigenvalue weighted by atomic mass is 35.5. The number of benzene rings is 1. The van der Waals surface area contributed by atoms with Gasteiger partial charge in [0, 0.05) is 17.1 Å². The maximum atomic E-state index is 13.1. The van der Waals surface area contributed by atoms with Crippen molar-refractivity contribution < 1.29 is 14.3 Å². The second-order valence-corrected chi connectivity index (χ2v) is 5.38. The molecule has 1 N–H and O–H groups in total. The summed E-state index contributed by atoms with van der Waals surface area (Å²) in [5.41, 5.74) is 0.848. The Bertz CT molecular complexity index is 481. The van der Waals surface area contributed by atoms with E-state index >= 15 is 0 Å². The number of carboxylic acids is 1. The quantitative estimate of drug-likeness (QED) is 0.921. The van der Waals surface area contributed by atoms with Gasteiger partial charge in [-0.1, -0.05) is 17.7 Å². The Morgan fingerprint density at radius 3 is 3.00 bits per heavy atom. The van der Waals surface area contributed by atoms with Gasteiger partial charge in [-0.15, -0.1) is 0 Å². The Kier molecular flexibility index (Phi) is 4.42. The molecule has 104 valence electrons. The molecule has 1 aromatic carbocycles. The first-order chi connectivity index (χ1) is 8.99. The molecule has 2 rings (SSSR count). The van der Waals surface area contributed by atoms with Crippen molar-refractivity contribution in [3.8, 4) is 0 Å². The molecule has 5 heteroatoms. The summed E-state index contributed by atoms with van der Waals surface area (Å²) in [6.07, 6.45) is 2.01. The fourth-order valence-corrected chi connectivity index (χ4v) is 3.13. The summed E-state index contributed by atoms with van der Waals surface area (Å²) in [4.78, 5) is 13.0. The lowest BCUT2D eigenvalue weighted by Crippen LogP contribution is -2.33. The molecule has 1 aliphatic rings. The van der Waals surface area contributed by atoms with Crippen molar-refractivity contribution in [1.29, 1.82) is 0 Å². The number of carbonyl (C=O) groups is 1. The van der Waals surface area contributed by atoms with Crippen LogP contribution in [0.5, 0.6) is 0 Å². The molecule has 1 aliphatic heterocycles. The van der Waals surface area contributed by atoms with Crippen LogP contribution < -0.4 is 0 Å². The summed E-state index contributed by atoms with van der Waals surface area (Å²) in [5.74, 6) is -1.14. The summed E-state index contributed by atoms with van der Waals surface area (Å²) in [5, 5.41) is 9.33. The van der Waals surface area contributed by atoms with Gasteiger partial charge in [0.25, 0.3) is 0 Å². The van der Waals surface area contributed by atoms with Crippen molar-refractivity contribution >= 4 is 17.6 Å². The minimum atomic E-state index is -0.783. The Morgan fingerprint density at radius 2 is 2.37 bits per heavy atom.